The molecule has 2 aromatic carbocycles. The van der Waals surface area contributed by atoms with Crippen molar-refractivity contribution >= 4 is 21.9 Å². The van der Waals surface area contributed by atoms with E-state index < -0.39 is 5.97 Å². The summed E-state index contributed by atoms with van der Waals surface area (Å²) in [6, 6.07) is 11.2. The molecule has 0 aliphatic carbocycles. The first-order valence-electron chi connectivity index (χ1n) is 5.95. The number of carboxylic acid groups (broad SMARTS) is 1. The van der Waals surface area contributed by atoms with Crippen molar-refractivity contribution in [2.24, 2.45) is 0 Å². The van der Waals surface area contributed by atoms with E-state index in [4.69, 9.17) is 4.74 Å². The molecule has 2 bridgehead atoms. The Morgan fingerprint density at radius 1 is 1.00 bits per heavy atom. The summed E-state index contributed by atoms with van der Waals surface area (Å²) in [6.07, 6.45) is -0.231. The Hall–Kier alpha value is -0.650. The monoisotopic (exact) mass is 338 g/mol. The largest absolute Gasteiger partial charge is 1.00 e. The van der Waals surface area contributed by atoms with Gasteiger partial charge in [-0.1, -0.05) is 34.1 Å². The minimum absolute atomic E-state index is 0. The van der Waals surface area contributed by atoms with Crippen LogP contribution in [-0.2, 0) is 4.74 Å². The fourth-order valence-electron chi connectivity index (χ4n) is 2.94. The smallest absolute Gasteiger partial charge is 0.545 e. The van der Waals surface area contributed by atoms with Crippen LogP contribution in [0.2, 0.25) is 0 Å². The predicted octanol–water partition coefficient (Wildman–Crippen LogP) is -0.661. The fourth-order valence-corrected chi connectivity index (χ4v) is 3.32. The third kappa shape index (κ3) is 1.90. The molecule has 20 heavy (non-hydrogen) atoms. The van der Waals surface area contributed by atoms with Crippen LogP contribution in [0.3, 0.4) is 0 Å². The third-order valence-corrected chi connectivity index (χ3v) is 4.27. The van der Waals surface area contributed by atoms with Gasteiger partial charge in [0.05, 0.1) is 5.97 Å². The molecular weight excluding hydrogens is 331 g/mol. The quantitative estimate of drug-likeness (QED) is 0.649. The van der Waals surface area contributed by atoms with Gasteiger partial charge in [0.2, 0.25) is 0 Å². The van der Waals surface area contributed by atoms with Crippen molar-refractivity contribution in [3.63, 3.8) is 0 Å². The van der Waals surface area contributed by atoms with Crippen LogP contribution in [0, 0.1) is 0 Å². The average molecular weight is 339 g/mol. The molecule has 0 unspecified atom stereocenters. The van der Waals surface area contributed by atoms with Crippen molar-refractivity contribution in [1.29, 1.82) is 0 Å². The van der Waals surface area contributed by atoms with Gasteiger partial charge in [-0.3, -0.25) is 0 Å². The van der Waals surface area contributed by atoms with E-state index in [0.29, 0.717) is 0 Å². The summed E-state index contributed by atoms with van der Waals surface area (Å²) < 4.78 is 6.97. The van der Waals surface area contributed by atoms with Crippen LogP contribution < -0.4 is 34.7 Å². The van der Waals surface area contributed by atoms with Crippen molar-refractivity contribution < 1.29 is 44.2 Å². The molecule has 0 aromatic heterocycles. The topological polar surface area (TPSA) is 49.4 Å². The van der Waals surface area contributed by atoms with Crippen molar-refractivity contribution in [3.8, 4) is 0 Å². The van der Waals surface area contributed by atoms with Gasteiger partial charge in [-0.05, 0) is 46.0 Å². The maximum absolute atomic E-state index is 10.9. The molecule has 0 N–H and O–H groups in total. The molecule has 2 aromatic rings. The molecule has 0 radical (unpaired) electrons. The number of benzene rings is 2. The van der Waals surface area contributed by atoms with Crippen LogP contribution in [0.5, 0.6) is 0 Å². The fraction of sp³-hybridized carbons (Fsp3) is 0.133. The first kappa shape index (κ1) is 14.3. The summed E-state index contributed by atoms with van der Waals surface area (Å²) >= 11 is 3.45. The Labute approximate surface area is 146 Å². The zero-order chi connectivity index (χ0) is 13.1. The van der Waals surface area contributed by atoms with E-state index >= 15 is 0 Å². The second-order valence-electron chi connectivity index (χ2n) is 4.80. The number of fused-ring (bicyclic) bond motifs is 8. The van der Waals surface area contributed by atoms with Gasteiger partial charge in [0.25, 0.3) is 0 Å². The molecule has 2 atom stereocenters. The minimum atomic E-state index is -1.15. The Morgan fingerprint density at radius 3 is 2.30 bits per heavy atom. The molecule has 0 saturated carbocycles. The molecule has 2 heterocycles. The summed E-state index contributed by atoms with van der Waals surface area (Å²) in [6.45, 7) is 0. The van der Waals surface area contributed by atoms with E-state index in [0.717, 1.165) is 21.2 Å². The van der Waals surface area contributed by atoms with E-state index in [2.05, 4.69) is 22.0 Å². The van der Waals surface area contributed by atoms with E-state index in [1.165, 1.54) is 5.56 Å². The first-order chi connectivity index (χ1) is 9.15. The number of hydrogen-bond donors (Lipinski definition) is 0. The molecule has 3 nitrogen and oxygen atoms in total. The average Bonchev–Trinajstić information content (AvgIpc) is 2.94. The second kappa shape index (κ2) is 4.97. The van der Waals surface area contributed by atoms with Crippen LogP contribution >= 0.6 is 15.9 Å². The van der Waals surface area contributed by atoms with Gasteiger partial charge in [0.1, 0.15) is 12.2 Å². The number of ether oxygens (including phenoxy) is 1. The number of aromatic carboxylic acids is 1. The molecule has 5 heteroatoms. The van der Waals surface area contributed by atoms with Crippen molar-refractivity contribution in [3.05, 3.63) is 68.7 Å². The zero-order valence-electron chi connectivity index (χ0n) is 10.7. The van der Waals surface area contributed by atoms with E-state index in [1.54, 1.807) is 12.1 Å². The molecule has 94 valence electrons. The predicted molar refractivity (Wildman–Crippen MR) is 69.7 cm³/mol. The maximum atomic E-state index is 10.9. The zero-order valence-corrected chi connectivity index (χ0v) is 14.3. The van der Waals surface area contributed by atoms with Crippen LogP contribution in [0.4, 0.5) is 0 Å². The molecule has 2 aliphatic heterocycles. The van der Waals surface area contributed by atoms with E-state index in [1.807, 2.05) is 18.2 Å². The summed E-state index contributed by atoms with van der Waals surface area (Å²) in [7, 11) is 0. The molecular formula is C15H8BrNaO3. The van der Waals surface area contributed by atoms with E-state index in [-0.39, 0.29) is 47.3 Å². The summed E-state index contributed by atoms with van der Waals surface area (Å²) in [4.78, 5) is 10.9. The van der Waals surface area contributed by atoms with Crippen LogP contribution in [0.25, 0.3) is 0 Å². The number of halogens is 1. The Morgan fingerprint density at radius 2 is 1.60 bits per heavy atom. The van der Waals surface area contributed by atoms with Crippen molar-refractivity contribution in [1.82, 2.24) is 0 Å². The number of carbonyl (C=O) groups excluding carboxylic acids is 1. The summed E-state index contributed by atoms with van der Waals surface area (Å²) in [5.41, 5.74) is 4.48. The Kier molecular flexibility index (Phi) is 3.55. The number of hydrogen-bond acceptors (Lipinski definition) is 3. The SMILES string of the molecule is O=C([O-])c1ccc2c(c1)[C@@H]1O[C@H]2c2ccc(Br)cc21.[Na+]. The first-order valence-corrected chi connectivity index (χ1v) is 6.74. The van der Waals surface area contributed by atoms with Gasteiger partial charge in [-0.15, -0.1) is 0 Å². The van der Waals surface area contributed by atoms with E-state index in [9.17, 15) is 9.90 Å². The summed E-state index contributed by atoms with van der Waals surface area (Å²) in [5.74, 6) is -1.15. The van der Waals surface area contributed by atoms with Gasteiger partial charge >= 0.3 is 29.6 Å². The standard InChI is InChI=1S/C15H9BrO3.Na/c16-8-2-4-10-12(6-8)14-11-5-7(15(17)18)1-3-9(11)13(10)19-14;/h1-6,13-14H,(H,17,18);/q;+1/p-1/t13-,14+;/m1./s1. The van der Waals surface area contributed by atoms with Crippen molar-refractivity contribution in [2.75, 3.05) is 0 Å². The number of carboxylic acids is 1. The molecule has 4 rings (SSSR count). The van der Waals surface area contributed by atoms with Gasteiger partial charge < -0.3 is 14.6 Å². The normalized spacial score (nSPS) is 21.1. The third-order valence-electron chi connectivity index (χ3n) is 3.77. The minimum Gasteiger partial charge on any atom is -0.545 e. The number of rotatable bonds is 1. The van der Waals surface area contributed by atoms with Gasteiger partial charge in [-0.2, -0.15) is 0 Å². The second-order valence-corrected chi connectivity index (χ2v) is 5.72. The van der Waals surface area contributed by atoms with Crippen molar-refractivity contribution in [2.45, 2.75) is 12.2 Å². The number of carbonyl (C=O) groups is 1. The molecule has 0 saturated heterocycles. The van der Waals surface area contributed by atoms with Gasteiger partial charge in [0, 0.05) is 4.47 Å². The van der Waals surface area contributed by atoms with Gasteiger partial charge in [0.15, 0.2) is 0 Å². The maximum Gasteiger partial charge on any atom is 1.00 e. The molecule has 0 spiro atoms. The molecule has 0 amide bonds. The molecule has 2 aliphatic rings. The molecule has 0 fully saturated rings. The Bertz CT molecular complexity index is 729. The van der Waals surface area contributed by atoms with Crippen LogP contribution in [0.1, 0.15) is 44.8 Å². The van der Waals surface area contributed by atoms with Crippen LogP contribution in [0.15, 0.2) is 40.9 Å². The van der Waals surface area contributed by atoms with Gasteiger partial charge in [-0.25, -0.2) is 0 Å². The summed E-state index contributed by atoms with van der Waals surface area (Å²) in [5, 5.41) is 10.9. The Balaban J connectivity index is 0.00000121. The van der Waals surface area contributed by atoms with Crippen LogP contribution in [-0.4, -0.2) is 5.97 Å².